The zero-order valence-electron chi connectivity index (χ0n) is 13.7. The molecule has 4 N–H and O–H groups in total. The second-order valence-corrected chi connectivity index (χ2v) is 6.37. The van der Waals surface area contributed by atoms with E-state index in [1.54, 1.807) is 24.5 Å². The van der Waals surface area contributed by atoms with Crippen LogP contribution >= 0.6 is 0 Å². The van der Waals surface area contributed by atoms with Crippen molar-refractivity contribution < 1.29 is 9.90 Å². The molecule has 0 aliphatic carbocycles. The Morgan fingerprint density at radius 2 is 2.12 bits per heavy atom. The molecule has 1 aliphatic heterocycles. The van der Waals surface area contributed by atoms with Crippen molar-refractivity contribution in [1.82, 2.24) is 20.6 Å². The molecule has 1 amide bonds. The number of H-pyrrole nitrogens is 1. The van der Waals surface area contributed by atoms with Crippen molar-refractivity contribution in [1.29, 1.82) is 0 Å². The number of rotatable bonds is 4. The van der Waals surface area contributed by atoms with Crippen molar-refractivity contribution in [3.05, 3.63) is 65.5 Å². The van der Waals surface area contributed by atoms with Gasteiger partial charge in [0.1, 0.15) is 0 Å². The topological polar surface area (TPSA) is 90.0 Å². The fourth-order valence-corrected chi connectivity index (χ4v) is 3.27. The maximum absolute atomic E-state index is 12.3. The number of nitrogens with zero attached hydrogens (tertiary/aromatic N) is 1. The van der Waals surface area contributed by atoms with Crippen molar-refractivity contribution in [2.45, 2.75) is 25.1 Å². The van der Waals surface area contributed by atoms with Crippen molar-refractivity contribution in [2.24, 2.45) is 0 Å². The number of amides is 1. The third-order valence-corrected chi connectivity index (χ3v) is 4.73. The number of hydrogen-bond acceptors (Lipinski definition) is 4. The van der Waals surface area contributed by atoms with Crippen LogP contribution in [-0.4, -0.2) is 39.7 Å². The standard InChI is InChI=1S/C19H20N4O2/c24-18(17-7-12-3-1-2-4-14(12)9-20-17)10-21-19(25)13-5-6-15-16(8-13)23-11-22-15/h1-6,8,11,17-18,20,24H,7,9-10H2,(H,21,25)(H,22,23)/t17-,18+/m0/s1. The predicted molar refractivity (Wildman–Crippen MR) is 95.2 cm³/mol. The Kier molecular flexibility index (Phi) is 4.21. The van der Waals surface area contributed by atoms with Crippen molar-refractivity contribution in [2.75, 3.05) is 6.54 Å². The Morgan fingerprint density at radius 1 is 1.28 bits per heavy atom. The van der Waals surface area contributed by atoms with Crippen LogP contribution in [0.5, 0.6) is 0 Å². The van der Waals surface area contributed by atoms with E-state index in [2.05, 4.69) is 32.7 Å². The summed E-state index contributed by atoms with van der Waals surface area (Å²) in [5.74, 6) is -0.202. The van der Waals surface area contributed by atoms with E-state index >= 15 is 0 Å². The molecule has 128 valence electrons. The first-order chi connectivity index (χ1) is 12.2. The van der Waals surface area contributed by atoms with Gasteiger partial charge in [-0.15, -0.1) is 0 Å². The molecule has 2 atom stereocenters. The minimum absolute atomic E-state index is 0.0645. The van der Waals surface area contributed by atoms with E-state index in [1.807, 2.05) is 12.1 Å². The number of aromatic nitrogens is 2. The molecular weight excluding hydrogens is 316 g/mol. The highest BCUT2D eigenvalue weighted by Gasteiger charge is 2.24. The number of fused-ring (bicyclic) bond motifs is 2. The van der Waals surface area contributed by atoms with Crippen LogP contribution in [0.3, 0.4) is 0 Å². The second-order valence-electron chi connectivity index (χ2n) is 6.37. The molecule has 0 spiro atoms. The monoisotopic (exact) mass is 336 g/mol. The fraction of sp³-hybridized carbons (Fsp3) is 0.263. The largest absolute Gasteiger partial charge is 0.390 e. The number of carbonyl (C=O) groups excluding carboxylic acids is 1. The Balaban J connectivity index is 1.37. The second kappa shape index (κ2) is 6.66. The van der Waals surface area contributed by atoms with Gasteiger partial charge in [0, 0.05) is 24.7 Å². The molecule has 1 aliphatic rings. The lowest BCUT2D eigenvalue weighted by atomic mass is 9.93. The molecule has 6 heteroatoms. The summed E-state index contributed by atoms with van der Waals surface area (Å²) >= 11 is 0. The highest BCUT2D eigenvalue weighted by molar-refractivity contribution is 5.97. The molecular formula is C19H20N4O2. The van der Waals surface area contributed by atoms with E-state index in [9.17, 15) is 9.90 Å². The minimum atomic E-state index is -0.645. The zero-order valence-corrected chi connectivity index (χ0v) is 13.7. The van der Waals surface area contributed by atoms with Gasteiger partial charge in [-0.3, -0.25) is 4.79 Å². The molecule has 2 heterocycles. The Labute approximate surface area is 145 Å². The quantitative estimate of drug-likeness (QED) is 0.579. The van der Waals surface area contributed by atoms with Gasteiger partial charge < -0.3 is 20.7 Å². The van der Waals surface area contributed by atoms with Gasteiger partial charge >= 0.3 is 0 Å². The van der Waals surface area contributed by atoms with Crippen LogP contribution in [0.2, 0.25) is 0 Å². The third kappa shape index (κ3) is 3.26. The van der Waals surface area contributed by atoms with Crippen LogP contribution in [0, 0.1) is 0 Å². The number of benzene rings is 2. The number of aliphatic hydroxyl groups is 1. The number of nitrogens with one attached hydrogen (secondary N) is 3. The highest BCUT2D eigenvalue weighted by Crippen LogP contribution is 2.18. The molecule has 4 rings (SSSR count). The van der Waals surface area contributed by atoms with Crippen LogP contribution in [0.4, 0.5) is 0 Å². The number of imidazole rings is 1. The van der Waals surface area contributed by atoms with Crippen LogP contribution in [0.1, 0.15) is 21.5 Å². The van der Waals surface area contributed by atoms with E-state index in [-0.39, 0.29) is 18.5 Å². The SMILES string of the molecule is O=C(NC[C@@H](O)[C@@H]1Cc2ccccc2CN1)c1ccc2nc[nH]c2c1. The Hall–Kier alpha value is -2.70. The van der Waals surface area contributed by atoms with Gasteiger partial charge in [0.15, 0.2) is 0 Å². The summed E-state index contributed by atoms with van der Waals surface area (Å²) in [5.41, 5.74) is 4.70. The third-order valence-electron chi connectivity index (χ3n) is 4.73. The van der Waals surface area contributed by atoms with E-state index in [0.29, 0.717) is 5.56 Å². The molecule has 0 radical (unpaired) electrons. The fourth-order valence-electron chi connectivity index (χ4n) is 3.27. The van der Waals surface area contributed by atoms with E-state index < -0.39 is 6.10 Å². The van der Waals surface area contributed by atoms with E-state index in [1.165, 1.54) is 11.1 Å². The lowest BCUT2D eigenvalue weighted by Gasteiger charge is -2.30. The minimum Gasteiger partial charge on any atom is -0.390 e. The van der Waals surface area contributed by atoms with Gasteiger partial charge in [0.2, 0.25) is 0 Å². The summed E-state index contributed by atoms with van der Waals surface area (Å²) in [6.45, 7) is 0.946. The molecule has 0 unspecified atom stereocenters. The first-order valence-corrected chi connectivity index (χ1v) is 8.40. The first kappa shape index (κ1) is 15.8. The zero-order chi connectivity index (χ0) is 17.2. The number of hydrogen-bond donors (Lipinski definition) is 4. The Bertz CT molecular complexity index is 905. The van der Waals surface area contributed by atoms with Crippen LogP contribution in [0.15, 0.2) is 48.8 Å². The number of carbonyl (C=O) groups is 1. The summed E-state index contributed by atoms with van der Waals surface area (Å²) < 4.78 is 0. The molecule has 0 saturated heterocycles. The molecule has 6 nitrogen and oxygen atoms in total. The lowest BCUT2D eigenvalue weighted by molar-refractivity contribution is 0.0870. The molecule has 25 heavy (non-hydrogen) atoms. The molecule has 0 saturated carbocycles. The number of aliphatic hydroxyl groups excluding tert-OH is 1. The average molecular weight is 336 g/mol. The van der Waals surface area contributed by atoms with Gasteiger partial charge in [-0.25, -0.2) is 4.98 Å². The van der Waals surface area contributed by atoms with Crippen molar-refractivity contribution >= 4 is 16.9 Å². The smallest absolute Gasteiger partial charge is 0.251 e. The van der Waals surface area contributed by atoms with Crippen molar-refractivity contribution in [3.8, 4) is 0 Å². The Morgan fingerprint density at radius 3 is 3.00 bits per heavy atom. The molecule has 2 aromatic carbocycles. The van der Waals surface area contributed by atoms with Crippen molar-refractivity contribution in [3.63, 3.8) is 0 Å². The van der Waals surface area contributed by atoms with Crippen LogP contribution < -0.4 is 10.6 Å². The van der Waals surface area contributed by atoms with E-state index in [0.717, 1.165) is 24.0 Å². The molecule has 3 aromatic rings. The van der Waals surface area contributed by atoms with Gasteiger partial charge in [-0.1, -0.05) is 24.3 Å². The van der Waals surface area contributed by atoms with Gasteiger partial charge in [-0.2, -0.15) is 0 Å². The first-order valence-electron chi connectivity index (χ1n) is 8.40. The maximum Gasteiger partial charge on any atom is 0.251 e. The lowest BCUT2D eigenvalue weighted by Crippen LogP contribution is -2.49. The van der Waals surface area contributed by atoms with Gasteiger partial charge in [0.25, 0.3) is 5.91 Å². The average Bonchev–Trinajstić information content (AvgIpc) is 3.13. The summed E-state index contributed by atoms with van der Waals surface area (Å²) in [4.78, 5) is 19.4. The normalized spacial score (nSPS) is 17.9. The van der Waals surface area contributed by atoms with Crippen LogP contribution in [-0.2, 0) is 13.0 Å². The predicted octanol–water partition coefficient (Wildman–Crippen LogP) is 1.37. The molecule has 0 bridgehead atoms. The van der Waals surface area contributed by atoms with Gasteiger partial charge in [-0.05, 0) is 35.7 Å². The summed E-state index contributed by atoms with van der Waals surface area (Å²) in [5, 5.41) is 16.6. The highest BCUT2D eigenvalue weighted by atomic mass is 16.3. The van der Waals surface area contributed by atoms with Crippen LogP contribution in [0.25, 0.3) is 11.0 Å². The molecule has 0 fully saturated rings. The summed E-state index contributed by atoms with van der Waals surface area (Å²) in [7, 11) is 0. The molecule has 1 aromatic heterocycles. The maximum atomic E-state index is 12.3. The van der Waals surface area contributed by atoms with E-state index in [4.69, 9.17) is 0 Å². The summed E-state index contributed by atoms with van der Waals surface area (Å²) in [6.07, 6.45) is 1.71. The number of aromatic amines is 1. The van der Waals surface area contributed by atoms with Gasteiger partial charge in [0.05, 0.1) is 23.5 Å². The summed E-state index contributed by atoms with van der Waals surface area (Å²) in [6, 6.07) is 13.5.